The van der Waals surface area contributed by atoms with Gasteiger partial charge in [-0.3, -0.25) is 19.9 Å². The zero-order valence-electron chi connectivity index (χ0n) is 18.7. The Morgan fingerprint density at radius 2 is 1.97 bits per heavy atom. The number of hydrogen-bond donors (Lipinski definition) is 5. The number of benzene rings is 1. The van der Waals surface area contributed by atoms with E-state index in [2.05, 4.69) is 26.3 Å². The molecule has 0 spiro atoms. The molecule has 1 aromatic heterocycles. The van der Waals surface area contributed by atoms with E-state index in [9.17, 15) is 24.3 Å². The van der Waals surface area contributed by atoms with E-state index in [1.807, 2.05) is 6.07 Å². The van der Waals surface area contributed by atoms with Gasteiger partial charge in [-0.25, -0.2) is 9.59 Å². The van der Waals surface area contributed by atoms with E-state index in [4.69, 9.17) is 4.74 Å². The Labute approximate surface area is 205 Å². The number of nitrogens with zero attached hydrogens (tertiary/aromatic N) is 1. The van der Waals surface area contributed by atoms with Crippen LogP contribution in [-0.4, -0.2) is 60.6 Å². The molecule has 2 heterocycles. The molecule has 12 heteroatoms. The molecule has 1 aliphatic heterocycles. The number of nitrogens with one attached hydrogen (secondary N) is 4. The molecule has 1 aliphatic rings. The van der Waals surface area contributed by atoms with Crippen LogP contribution in [0.3, 0.4) is 0 Å². The molecule has 1 unspecified atom stereocenters. The topological polar surface area (TPSA) is 158 Å². The fraction of sp³-hybridized carbons (Fsp3) is 0.261. The van der Waals surface area contributed by atoms with E-state index in [0.717, 1.165) is 29.9 Å². The van der Waals surface area contributed by atoms with Crippen LogP contribution in [0.2, 0.25) is 0 Å². The number of amides is 3. The van der Waals surface area contributed by atoms with Crippen LogP contribution in [0.5, 0.6) is 0 Å². The number of aliphatic carboxylic acids is 1. The Balaban J connectivity index is 1.45. The summed E-state index contributed by atoms with van der Waals surface area (Å²) in [4.78, 5) is 53.0. The third-order valence-electron chi connectivity index (χ3n) is 4.66. The molecule has 0 fully saturated rings. The Morgan fingerprint density at radius 3 is 2.69 bits per heavy atom. The number of guanidine groups is 1. The van der Waals surface area contributed by atoms with Crippen molar-refractivity contribution in [2.45, 2.75) is 19.1 Å². The normalized spacial score (nSPS) is 13.8. The van der Waals surface area contributed by atoms with Crippen LogP contribution in [0.15, 0.2) is 53.5 Å². The minimum atomic E-state index is -1.37. The zero-order valence-corrected chi connectivity index (χ0v) is 19.5. The maximum absolute atomic E-state index is 12.4. The van der Waals surface area contributed by atoms with Crippen LogP contribution in [0.4, 0.5) is 4.79 Å². The Hall–Kier alpha value is -4.19. The first-order valence-electron chi connectivity index (χ1n) is 10.8. The highest BCUT2D eigenvalue weighted by atomic mass is 32.1. The van der Waals surface area contributed by atoms with Gasteiger partial charge in [0.25, 0.3) is 11.8 Å². The number of alkyl carbamates (subject to hydrolysis) is 1. The smallest absolute Gasteiger partial charge is 0.408 e. The van der Waals surface area contributed by atoms with Gasteiger partial charge in [-0.15, -0.1) is 11.3 Å². The maximum Gasteiger partial charge on any atom is 0.408 e. The summed E-state index contributed by atoms with van der Waals surface area (Å²) in [5.41, 5.74) is 0.752. The molecular formula is C23H25N5O6S. The Morgan fingerprint density at radius 1 is 1.17 bits per heavy atom. The second kappa shape index (κ2) is 12.9. The van der Waals surface area contributed by atoms with Gasteiger partial charge in [-0.2, -0.15) is 0 Å². The first-order chi connectivity index (χ1) is 16.9. The molecule has 11 nitrogen and oxygen atoms in total. The Bertz CT molecular complexity index is 1110. The summed E-state index contributed by atoms with van der Waals surface area (Å²) < 4.78 is 5.02. The summed E-state index contributed by atoms with van der Waals surface area (Å²) in [5, 5.41) is 19.7. The zero-order chi connectivity index (χ0) is 25.0. The van der Waals surface area contributed by atoms with Crippen molar-refractivity contribution in [3.63, 3.8) is 0 Å². The number of rotatable bonds is 9. The van der Waals surface area contributed by atoms with Crippen molar-refractivity contribution in [2.24, 2.45) is 4.99 Å². The van der Waals surface area contributed by atoms with Gasteiger partial charge in [0.05, 0.1) is 4.88 Å². The van der Waals surface area contributed by atoms with Crippen LogP contribution in [-0.2, 0) is 20.9 Å². The summed E-state index contributed by atoms with van der Waals surface area (Å²) in [5.74, 6) is -1.75. The van der Waals surface area contributed by atoms with Crippen LogP contribution in [0, 0.1) is 0 Å². The van der Waals surface area contributed by atoms with Gasteiger partial charge < -0.3 is 25.8 Å². The summed E-state index contributed by atoms with van der Waals surface area (Å²) in [6.45, 7) is 1.05. The third kappa shape index (κ3) is 8.59. The lowest BCUT2D eigenvalue weighted by Gasteiger charge is -2.15. The number of thiophene rings is 1. The first-order valence-corrected chi connectivity index (χ1v) is 11.6. The summed E-state index contributed by atoms with van der Waals surface area (Å²) >= 11 is 1.12. The average Bonchev–Trinajstić information content (AvgIpc) is 3.34. The van der Waals surface area contributed by atoms with Gasteiger partial charge in [-0.05, 0) is 30.2 Å². The van der Waals surface area contributed by atoms with E-state index >= 15 is 0 Å². The molecule has 1 atom stereocenters. The number of carbonyl (C=O) groups excluding carboxylic acids is 3. The molecule has 0 bridgehead atoms. The van der Waals surface area contributed by atoms with Gasteiger partial charge >= 0.3 is 12.1 Å². The molecule has 0 radical (unpaired) electrons. The molecule has 3 amide bonds. The molecular weight excluding hydrogens is 474 g/mol. The highest BCUT2D eigenvalue weighted by Crippen LogP contribution is 2.17. The van der Waals surface area contributed by atoms with Crippen LogP contribution in [0.1, 0.15) is 26.5 Å². The van der Waals surface area contributed by atoms with Crippen LogP contribution < -0.4 is 21.3 Å². The fourth-order valence-corrected chi connectivity index (χ4v) is 3.71. The molecule has 5 N–H and O–H groups in total. The predicted octanol–water partition coefficient (Wildman–Crippen LogP) is 1.34. The van der Waals surface area contributed by atoms with E-state index in [-0.39, 0.29) is 19.1 Å². The van der Waals surface area contributed by atoms with Crippen LogP contribution >= 0.6 is 11.3 Å². The number of carboxylic acids is 1. The number of ether oxygens (including phenoxy) is 1. The lowest BCUT2D eigenvalue weighted by atomic mass is 10.2. The van der Waals surface area contributed by atoms with Gasteiger partial charge in [-0.1, -0.05) is 30.3 Å². The average molecular weight is 500 g/mol. The molecule has 0 saturated heterocycles. The molecule has 184 valence electrons. The highest BCUT2D eigenvalue weighted by molar-refractivity contribution is 7.14. The molecule has 0 saturated carbocycles. The van der Waals surface area contributed by atoms with Gasteiger partial charge in [0.2, 0.25) is 0 Å². The lowest BCUT2D eigenvalue weighted by Crippen LogP contribution is -2.48. The van der Waals surface area contributed by atoms with Gasteiger partial charge in [0, 0.05) is 30.6 Å². The minimum absolute atomic E-state index is 0.0144. The summed E-state index contributed by atoms with van der Waals surface area (Å²) in [6, 6.07) is 10.8. The number of carboxylic acid groups (broad SMARTS) is 1. The second-order valence-corrected chi connectivity index (χ2v) is 8.46. The van der Waals surface area contributed by atoms with Crippen molar-refractivity contribution in [1.29, 1.82) is 0 Å². The molecule has 0 aliphatic carbocycles. The van der Waals surface area contributed by atoms with Crippen molar-refractivity contribution >= 4 is 47.2 Å². The number of hydrogen-bond acceptors (Lipinski definition) is 8. The lowest BCUT2D eigenvalue weighted by molar-refractivity contribution is -0.139. The largest absolute Gasteiger partial charge is 0.480 e. The van der Waals surface area contributed by atoms with Gasteiger partial charge in [0.15, 0.2) is 5.96 Å². The van der Waals surface area contributed by atoms with E-state index in [1.165, 1.54) is 6.08 Å². The van der Waals surface area contributed by atoms with E-state index in [0.29, 0.717) is 22.3 Å². The minimum Gasteiger partial charge on any atom is -0.480 e. The first kappa shape index (κ1) is 25.4. The predicted molar refractivity (Wildman–Crippen MR) is 130 cm³/mol. The number of carbonyl (C=O) groups is 4. The molecule has 2 aromatic rings. The van der Waals surface area contributed by atoms with Gasteiger partial charge in [0.1, 0.15) is 12.6 Å². The Kier molecular flexibility index (Phi) is 9.37. The summed E-state index contributed by atoms with van der Waals surface area (Å²) in [7, 11) is 0. The summed E-state index contributed by atoms with van der Waals surface area (Å²) in [6.07, 6.45) is 2.89. The quantitative estimate of drug-likeness (QED) is 0.326. The standard InChI is InChI=1S/C23H25N5O6S/c29-19(28-22-24-11-4-12-25-22)10-8-16-7-9-18(35-16)20(30)26-13-17(21(31)32)27-23(33)34-14-15-5-2-1-3-6-15/h1-3,5-10,17H,4,11-14H2,(H,26,30)(H,27,33)(H,31,32)(H2,24,25,28,29)/b10-8+. The van der Waals surface area contributed by atoms with Crippen molar-refractivity contribution in [3.8, 4) is 0 Å². The molecule has 1 aromatic carbocycles. The van der Waals surface area contributed by atoms with Crippen molar-refractivity contribution in [2.75, 3.05) is 19.6 Å². The van der Waals surface area contributed by atoms with Crippen molar-refractivity contribution in [3.05, 3.63) is 63.9 Å². The molecule has 3 rings (SSSR count). The molecule has 35 heavy (non-hydrogen) atoms. The number of aliphatic imine (C=N–C) groups is 1. The third-order valence-corrected chi connectivity index (χ3v) is 5.71. The second-order valence-electron chi connectivity index (χ2n) is 7.34. The van der Waals surface area contributed by atoms with Crippen LogP contribution in [0.25, 0.3) is 6.08 Å². The van der Waals surface area contributed by atoms with E-state index < -0.39 is 24.0 Å². The van der Waals surface area contributed by atoms with E-state index in [1.54, 1.807) is 42.5 Å². The highest BCUT2D eigenvalue weighted by Gasteiger charge is 2.22. The fourth-order valence-electron chi connectivity index (χ4n) is 2.89. The maximum atomic E-state index is 12.4. The monoisotopic (exact) mass is 499 g/mol. The van der Waals surface area contributed by atoms with Crippen molar-refractivity contribution in [1.82, 2.24) is 21.3 Å². The SMILES string of the molecule is O=C(/C=C/c1ccc(C(=O)NCC(NC(=O)OCc2ccccc2)C(=O)O)s1)NC1=NCCCN1. The van der Waals surface area contributed by atoms with Crippen molar-refractivity contribution < 1.29 is 29.0 Å².